The number of hydrogen-bond donors (Lipinski definition) is 1. The first-order chi connectivity index (χ1) is 7.27. The number of carboxylic acid groups (broad SMARTS) is 1. The topological polar surface area (TPSA) is 37.3 Å². The van der Waals surface area contributed by atoms with Crippen LogP contribution in [0.2, 0.25) is 0 Å². The summed E-state index contributed by atoms with van der Waals surface area (Å²) in [6, 6.07) is 7.70. The normalized spacial score (nSPS) is 9.87. The van der Waals surface area contributed by atoms with E-state index in [4.69, 9.17) is 5.11 Å². The Hall–Kier alpha value is -1.39. The van der Waals surface area contributed by atoms with Gasteiger partial charge in [0, 0.05) is 21.4 Å². The summed E-state index contributed by atoms with van der Waals surface area (Å²) < 4.78 is 0. The highest BCUT2D eigenvalue weighted by molar-refractivity contribution is 7.13. The van der Waals surface area contributed by atoms with E-state index >= 15 is 0 Å². The number of carbonyl (C=O) groups is 1. The summed E-state index contributed by atoms with van der Waals surface area (Å²) in [6.45, 7) is 0. The molecule has 0 aromatic carbocycles. The van der Waals surface area contributed by atoms with Gasteiger partial charge in [0.25, 0.3) is 0 Å². The Labute approximate surface area is 95.1 Å². The molecule has 0 aliphatic carbocycles. The van der Waals surface area contributed by atoms with Crippen LogP contribution in [0, 0.1) is 0 Å². The Bertz CT molecular complexity index is 430. The van der Waals surface area contributed by atoms with Gasteiger partial charge in [-0.25, -0.2) is 4.79 Å². The minimum absolute atomic E-state index is 0.785. The van der Waals surface area contributed by atoms with Crippen molar-refractivity contribution in [2.24, 2.45) is 0 Å². The van der Waals surface area contributed by atoms with Crippen molar-refractivity contribution in [1.29, 1.82) is 0 Å². The van der Waals surface area contributed by atoms with Gasteiger partial charge in [0.15, 0.2) is 0 Å². The second-order valence-electron chi connectivity index (χ2n) is 2.85. The number of carboxylic acids is 1. The molecule has 0 radical (unpaired) electrons. The molecule has 2 nitrogen and oxygen atoms in total. The van der Waals surface area contributed by atoms with Crippen LogP contribution in [-0.4, -0.2) is 11.1 Å². The monoisotopic (exact) mass is 236 g/mol. The van der Waals surface area contributed by atoms with Crippen molar-refractivity contribution in [3.05, 3.63) is 50.9 Å². The third-order valence-corrected chi connectivity index (χ3v) is 3.65. The highest BCUT2D eigenvalue weighted by Crippen LogP contribution is 2.29. The molecule has 4 heteroatoms. The molecule has 2 aromatic heterocycles. The molecule has 0 aliphatic rings. The van der Waals surface area contributed by atoms with Gasteiger partial charge in [-0.3, -0.25) is 0 Å². The van der Waals surface area contributed by atoms with Gasteiger partial charge in [-0.2, -0.15) is 0 Å². The van der Waals surface area contributed by atoms with Gasteiger partial charge < -0.3 is 5.11 Å². The van der Waals surface area contributed by atoms with Crippen LogP contribution in [0.15, 0.2) is 41.1 Å². The van der Waals surface area contributed by atoms with Crippen LogP contribution in [0.5, 0.6) is 0 Å². The fourth-order valence-corrected chi connectivity index (χ4v) is 2.83. The standard InChI is InChI=1S/C11H8O2S2/c12-11(13)7-8(9-3-1-5-14-9)10-4-2-6-15-10/h1-7H,(H,12,13). The number of hydrogen-bond acceptors (Lipinski definition) is 3. The molecule has 0 saturated heterocycles. The van der Waals surface area contributed by atoms with Gasteiger partial charge in [-0.1, -0.05) is 12.1 Å². The van der Waals surface area contributed by atoms with E-state index in [1.807, 2.05) is 35.0 Å². The Kier molecular flexibility index (Phi) is 2.99. The highest BCUT2D eigenvalue weighted by Gasteiger charge is 2.08. The molecule has 1 N–H and O–H groups in total. The van der Waals surface area contributed by atoms with Crippen molar-refractivity contribution in [3.8, 4) is 0 Å². The summed E-state index contributed by atoms with van der Waals surface area (Å²) in [6.07, 6.45) is 1.26. The maximum absolute atomic E-state index is 10.7. The predicted molar refractivity (Wildman–Crippen MR) is 63.4 cm³/mol. The van der Waals surface area contributed by atoms with E-state index in [1.165, 1.54) is 6.08 Å². The second-order valence-corrected chi connectivity index (χ2v) is 4.75. The lowest BCUT2D eigenvalue weighted by molar-refractivity contribution is -0.131. The molecule has 0 bridgehead atoms. The van der Waals surface area contributed by atoms with Crippen LogP contribution in [0.3, 0.4) is 0 Å². The largest absolute Gasteiger partial charge is 0.478 e. The van der Waals surface area contributed by atoms with Crippen LogP contribution in [-0.2, 0) is 4.79 Å². The maximum atomic E-state index is 10.7. The fraction of sp³-hybridized carbons (Fsp3) is 0. The van der Waals surface area contributed by atoms with Crippen molar-refractivity contribution >= 4 is 34.2 Å². The SMILES string of the molecule is O=C(O)C=C(c1cccs1)c1cccs1. The second kappa shape index (κ2) is 4.42. The van der Waals surface area contributed by atoms with Crippen LogP contribution >= 0.6 is 22.7 Å². The van der Waals surface area contributed by atoms with E-state index < -0.39 is 5.97 Å². The zero-order valence-electron chi connectivity index (χ0n) is 7.71. The highest BCUT2D eigenvalue weighted by atomic mass is 32.1. The number of rotatable bonds is 3. The van der Waals surface area contributed by atoms with Crippen molar-refractivity contribution in [1.82, 2.24) is 0 Å². The summed E-state index contributed by atoms with van der Waals surface area (Å²) in [5, 5.41) is 12.7. The first-order valence-corrected chi connectivity index (χ1v) is 6.05. The first kappa shape index (κ1) is 10.1. The summed E-state index contributed by atoms with van der Waals surface area (Å²) >= 11 is 3.09. The van der Waals surface area contributed by atoms with E-state index in [-0.39, 0.29) is 0 Å². The summed E-state index contributed by atoms with van der Waals surface area (Å²) in [4.78, 5) is 12.7. The van der Waals surface area contributed by atoms with Crippen LogP contribution in [0.4, 0.5) is 0 Å². The van der Waals surface area contributed by atoms with Gasteiger partial charge in [-0.15, -0.1) is 22.7 Å². The molecule has 2 heterocycles. The van der Waals surface area contributed by atoms with Gasteiger partial charge in [0.1, 0.15) is 0 Å². The quantitative estimate of drug-likeness (QED) is 0.830. The molecule has 2 aromatic rings. The van der Waals surface area contributed by atoms with E-state index in [9.17, 15) is 4.79 Å². The molecule has 0 fully saturated rings. The zero-order chi connectivity index (χ0) is 10.7. The average molecular weight is 236 g/mol. The maximum Gasteiger partial charge on any atom is 0.329 e. The first-order valence-electron chi connectivity index (χ1n) is 4.30. The Morgan fingerprint density at radius 3 is 2.00 bits per heavy atom. The molecule has 0 unspecified atom stereocenters. The van der Waals surface area contributed by atoms with Gasteiger partial charge in [0.05, 0.1) is 0 Å². The lowest BCUT2D eigenvalue weighted by Crippen LogP contribution is -1.91. The minimum Gasteiger partial charge on any atom is -0.478 e. The Balaban J connectivity index is 2.47. The molecule has 2 rings (SSSR count). The van der Waals surface area contributed by atoms with Crippen LogP contribution < -0.4 is 0 Å². The van der Waals surface area contributed by atoms with Gasteiger partial charge >= 0.3 is 5.97 Å². The minimum atomic E-state index is -0.910. The summed E-state index contributed by atoms with van der Waals surface area (Å²) in [5.41, 5.74) is 0.785. The van der Waals surface area contributed by atoms with E-state index in [0.717, 1.165) is 15.3 Å². The molecular weight excluding hydrogens is 228 g/mol. The predicted octanol–water partition coefficient (Wildman–Crippen LogP) is 3.33. The van der Waals surface area contributed by atoms with E-state index in [0.29, 0.717) is 0 Å². The third kappa shape index (κ3) is 2.34. The molecule has 76 valence electrons. The molecule has 15 heavy (non-hydrogen) atoms. The summed E-state index contributed by atoms with van der Waals surface area (Å²) in [5.74, 6) is -0.910. The van der Waals surface area contributed by atoms with E-state index in [1.54, 1.807) is 22.7 Å². The molecule has 0 amide bonds. The van der Waals surface area contributed by atoms with E-state index in [2.05, 4.69) is 0 Å². The summed E-state index contributed by atoms with van der Waals surface area (Å²) in [7, 11) is 0. The molecule has 0 spiro atoms. The fourth-order valence-electron chi connectivity index (χ4n) is 1.25. The Morgan fingerprint density at radius 2 is 1.67 bits per heavy atom. The van der Waals surface area contributed by atoms with Gasteiger partial charge in [-0.05, 0) is 22.9 Å². The number of thiophene rings is 2. The average Bonchev–Trinajstić information content (AvgIpc) is 2.87. The van der Waals surface area contributed by atoms with Gasteiger partial charge in [0.2, 0.25) is 0 Å². The smallest absolute Gasteiger partial charge is 0.329 e. The lowest BCUT2D eigenvalue weighted by Gasteiger charge is -1.99. The van der Waals surface area contributed by atoms with Crippen molar-refractivity contribution < 1.29 is 9.90 Å². The molecule has 0 saturated carbocycles. The van der Waals surface area contributed by atoms with Crippen LogP contribution in [0.25, 0.3) is 5.57 Å². The number of aliphatic carboxylic acids is 1. The van der Waals surface area contributed by atoms with Crippen molar-refractivity contribution in [2.75, 3.05) is 0 Å². The third-order valence-electron chi connectivity index (χ3n) is 1.84. The molecule has 0 aliphatic heterocycles. The van der Waals surface area contributed by atoms with Crippen molar-refractivity contribution in [2.45, 2.75) is 0 Å². The molecule has 0 atom stereocenters. The van der Waals surface area contributed by atoms with Crippen molar-refractivity contribution in [3.63, 3.8) is 0 Å². The Morgan fingerprint density at radius 1 is 1.13 bits per heavy atom. The zero-order valence-corrected chi connectivity index (χ0v) is 9.35. The molecular formula is C11H8O2S2. The lowest BCUT2D eigenvalue weighted by atomic mass is 10.1. The van der Waals surface area contributed by atoms with Crippen LogP contribution in [0.1, 0.15) is 9.75 Å².